The molecule has 2 aromatic rings. The Morgan fingerprint density at radius 3 is 2.61 bits per heavy atom. The van der Waals surface area contributed by atoms with Crippen molar-refractivity contribution in [2.75, 3.05) is 5.43 Å². The van der Waals surface area contributed by atoms with Crippen molar-refractivity contribution in [3.63, 3.8) is 0 Å². The van der Waals surface area contributed by atoms with Crippen LogP contribution in [0.1, 0.15) is 31.0 Å². The summed E-state index contributed by atoms with van der Waals surface area (Å²) in [6, 6.07) is 2.83. The number of anilines is 1. The van der Waals surface area contributed by atoms with Crippen LogP contribution in [-0.4, -0.2) is 4.98 Å². The first-order chi connectivity index (χ1) is 8.47. The number of pyridine rings is 1. The van der Waals surface area contributed by atoms with Gasteiger partial charge in [0.25, 0.3) is 0 Å². The van der Waals surface area contributed by atoms with Gasteiger partial charge in [0, 0.05) is 16.6 Å². The lowest BCUT2D eigenvalue weighted by molar-refractivity contribution is 0.636. The quantitative estimate of drug-likeness (QED) is 0.644. The smallest absolute Gasteiger partial charge is 0.149 e. The normalized spacial score (nSPS) is 11.3. The van der Waals surface area contributed by atoms with Crippen molar-refractivity contribution in [2.45, 2.75) is 26.7 Å². The number of aromatic nitrogens is 1. The zero-order valence-electron chi connectivity index (χ0n) is 10.5. The molecule has 0 spiro atoms. The first-order valence-electron chi connectivity index (χ1n) is 5.72. The lowest BCUT2D eigenvalue weighted by atomic mass is 9.97. The molecule has 0 aliphatic heterocycles. The number of aryl methyl sites for hydroxylation is 1. The van der Waals surface area contributed by atoms with Gasteiger partial charge < -0.3 is 5.43 Å². The molecule has 96 valence electrons. The molecule has 0 unspecified atom stereocenters. The summed E-state index contributed by atoms with van der Waals surface area (Å²) < 4.78 is 13.8. The predicted octanol–water partition coefficient (Wildman–Crippen LogP) is 3.74. The molecule has 0 aliphatic carbocycles. The van der Waals surface area contributed by atoms with E-state index in [1.807, 2.05) is 20.8 Å². The standard InChI is InChI=1S/C13H15ClFN3/c1-6(2)10-7(3)17-12-9(15)5-4-8(14)11(12)13(10)18-16/h4-6H,16H2,1-3H3,(H,17,18). The van der Waals surface area contributed by atoms with E-state index in [0.717, 1.165) is 11.3 Å². The number of benzene rings is 1. The van der Waals surface area contributed by atoms with Gasteiger partial charge in [0.15, 0.2) is 0 Å². The van der Waals surface area contributed by atoms with Crippen LogP contribution in [0.3, 0.4) is 0 Å². The Bertz CT molecular complexity index is 611. The van der Waals surface area contributed by atoms with E-state index >= 15 is 0 Å². The SMILES string of the molecule is Cc1nc2c(F)ccc(Cl)c2c(NN)c1C(C)C. The maximum Gasteiger partial charge on any atom is 0.149 e. The molecule has 0 aliphatic rings. The first kappa shape index (κ1) is 13.1. The van der Waals surface area contributed by atoms with Gasteiger partial charge in [-0.25, -0.2) is 9.37 Å². The molecule has 0 amide bonds. The van der Waals surface area contributed by atoms with Gasteiger partial charge in [0.05, 0.1) is 10.7 Å². The molecule has 2 rings (SSSR count). The zero-order chi connectivity index (χ0) is 13.4. The molecule has 18 heavy (non-hydrogen) atoms. The second kappa shape index (κ2) is 4.71. The monoisotopic (exact) mass is 267 g/mol. The lowest BCUT2D eigenvalue weighted by Crippen LogP contribution is -2.13. The number of fused-ring (bicyclic) bond motifs is 1. The third-order valence-electron chi connectivity index (χ3n) is 2.99. The summed E-state index contributed by atoms with van der Waals surface area (Å²) in [7, 11) is 0. The number of hydrogen-bond acceptors (Lipinski definition) is 3. The van der Waals surface area contributed by atoms with Crippen LogP contribution in [-0.2, 0) is 0 Å². The van der Waals surface area contributed by atoms with Crippen LogP contribution >= 0.6 is 11.6 Å². The molecule has 0 saturated carbocycles. The summed E-state index contributed by atoms with van der Waals surface area (Å²) >= 11 is 6.14. The molecule has 0 bridgehead atoms. The average molecular weight is 268 g/mol. The number of rotatable bonds is 2. The van der Waals surface area contributed by atoms with Crippen molar-refractivity contribution in [1.29, 1.82) is 0 Å². The molecule has 1 aromatic carbocycles. The number of halogens is 2. The summed E-state index contributed by atoms with van der Waals surface area (Å²) in [5.41, 5.74) is 5.25. The number of nitrogen functional groups attached to an aromatic ring is 1. The fraction of sp³-hybridized carbons (Fsp3) is 0.308. The highest BCUT2D eigenvalue weighted by atomic mass is 35.5. The van der Waals surface area contributed by atoms with Gasteiger partial charge in [-0.3, -0.25) is 5.84 Å². The maximum atomic E-state index is 13.8. The highest BCUT2D eigenvalue weighted by Gasteiger charge is 2.18. The summed E-state index contributed by atoms with van der Waals surface area (Å²) in [5.74, 6) is 5.40. The summed E-state index contributed by atoms with van der Waals surface area (Å²) in [4.78, 5) is 4.31. The van der Waals surface area contributed by atoms with Gasteiger partial charge in [0.1, 0.15) is 11.3 Å². The fourth-order valence-electron chi connectivity index (χ4n) is 2.29. The third kappa shape index (κ3) is 1.91. The highest BCUT2D eigenvalue weighted by Crippen LogP contribution is 2.37. The van der Waals surface area contributed by atoms with E-state index in [2.05, 4.69) is 10.4 Å². The fourth-order valence-corrected chi connectivity index (χ4v) is 2.54. The number of nitrogens with zero attached hydrogens (tertiary/aromatic N) is 1. The Balaban J connectivity index is 2.99. The summed E-state index contributed by atoms with van der Waals surface area (Å²) in [5, 5.41) is 0.974. The maximum absolute atomic E-state index is 13.8. The van der Waals surface area contributed by atoms with Gasteiger partial charge in [-0.1, -0.05) is 25.4 Å². The Hall–Kier alpha value is -1.39. The first-order valence-corrected chi connectivity index (χ1v) is 6.10. The van der Waals surface area contributed by atoms with Gasteiger partial charge in [-0.15, -0.1) is 0 Å². The number of hydrogen-bond donors (Lipinski definition) is 2. The highest BCUT2D eigenvalue weighted by molar-refractivity contribution is 6.36. The number of nitrogens with one attached hydrogen (secondary N) is 1. The van der Waals surface area contributed by atoms with E-state index in [1.165, 1.54) is 12.1 Å². The van der Waals surface area contributed by atoms with E-state index in [9.17, 15) is 4.39 Å². The van der Waals surface area contributed by atoms with Crippen LogP contribution in [0, 0.1) is 12.7 Å². The second-order valence-electron chi connectivity index (χ2n) is 4.54. The summed E-state index contributed by atoms with van der Waals surface area (Å²) in [6.07, 6.45) is 0. The molecule has 0 radical (unpaired) electrons. The molecule has 3 nitrogen and oxygen atoms in total. The molecule has 1 heterocycles. The molecule has 0 atom stereocenters. The van der Waals surface area contributed by atoms with Crippen molar-refractivity contribution in [3.8, 4) is 0 Å². The molecule has 0 fully saturated rings. The Kier molecular flexibility index (Phi) is 3.41. The van der Waals surface area contributed by atoms with Crippen LogP contribution in [0.25, 0.3) is 10.9 Å². The zero-order valence-corrected chi connectivity index (χ0v) is 11.3. The molecule has 3 N–H and O–H groups in total. The second-order valence-corrected chi connectivity index (χ2v) is 4.94. The van der Waals surface area contributed by atoms with Gasteiger partial charge in [-0.05, 0) is 25.0 Å². The largest absolute Gasteiger partial charge is 0.323 e. The Morgan fingerprint density at radius 2 is 2.06 bits per heavy atom. The minimum atomic E-state index is -0.399. The van der Waals surface area contributed by atoms with E-state index < -0.39 is 5.82 Å². The van der Waals surface area contributed by atoms with E-state index in [4.69, 9.17) is 17.4 Å². The van der Waals surface area contributed by atoms with Gasteiger partial charge >= 0.3 is 0 Å². The number of hydrazine groups is 1. The van der Waals surface area contributed by atoms with Gasteiger partial charge in [0.2, 0.25) is 0 Å². The average Bonchev–Trinajstić information content (AvgIpc) is 2.32. The molecule has 0 saturated heterocycles. The Morgan fingerprint density at radius 1 is 1.39 bits per heavy atom. The lowest BCUT2D eigenvalue weighted by Gasteiger charge is -2.18. The van der Waals surface area contributed by atoms with Crippen LogP contribution in [0.5, 0.6) is 0 Å². The van der Waals surface area contributed by atoms with Crippen molar-refractivity contribution < 1.29 is 4.39 Å². The summed E-state index contributed by atoms with van der Waals surface area (Å²) in [6.45, 7) is 5.91. The van der Waals surface area contributed by atoms with Crippen LogP contribution in [0.15, 0.2) is 12.1 Å². The van der Waals surface area contributed by atoms with Crippen molar-refractivity contribution in [3.05, 3.63) is 34.2 Å². The Labute approximate surface area is 110 Å². The van der Waals surface area contributed by atoms with Gasteiger partial charge in [-0.2, -0.15) is 0 Å². The molecule has 5 heteroatoms. The van der Waals surface area contributed by atoms with Crippen molar-refractivity contribution in [1.82, 2.24) is 4.98 Å². The number of nitrogens with two attached hydrogens (primary N) is 1. The van der Waals surface area contributed by atoms with Crippen molar-refractivity contribution in [2.24, 2.45) is 5.84 Å². The molecular weight excluding hydrogens is 253 g/mol. The topological polar surface area (TPSA) is 50.9 Å². The van der Waals surface area contributed by atoms with E-state index in [1.54, 1.807) is 0 Å². The van der Waals surface area contributed by atoms with Crippen LogP contribution in [0.4, 0.5) is 10.1 Å². The molecular formula is C13H15ClFN3. The van der Waals surface area contributed by atoms with E-state index in [-0.39, 0.29) is 11.4 Å². The predicted molar refractivity (Wildman–Crippen MR) is 73.3 cm³/mol. The molecule has 1 aromatic heterocycles. The minimum absolute atomic E-state index is 0.215. The minimum Gasteiger partial charge on any atom is -0.323 e. The van der Waals surface area contributed by atoms with Crippen LogP contribution < -0.4 is 11.3 Å². The van der Waals surface area contributed by atoms with Crippen LogP contribution in [0.2, 0.25) is 5.02 Å². The van der Waals surface area contributed by atoms with Crippen molar-refractivity contribution >= 4 is 28.2 Å². The third-order valence-corrected chi connectivity index (χ3v) is 3.30. The van der Waals surface area contributed by atoms with E-state index in [0.29, 0.717) is 16.1 Å².